The Balaban J connectivity index is 3.54. The fraction of sp³-hybridized carbons (Fsp3) is 0.333. The van der Waals surface area contributed by atoms with Crippen molar-refractivity contribution in [3.8, 4) is 0 Å². The predicted octanol–water partition coefficient (Wildman–Crippen LogP) is -1.14. The zero-order chi connectivity index (χ0) is 8.15. The van der Waals surface area contributed by atoms with Crippen LogP contribution in [0.2, 0.25) is 0 Å². The molecule has 0 aliphatic carbocycles. The van der Waals surface area contributed by atoms with Gasteiger partial charge in [0.05, 0.1) is 0 Å². The first-order chi connectivity index (χ1) is 4.52. The van der Waals surface area contributed by atoms with Crippen molar-refractivity contribution < 1.29 is 24.1 Å². The summed E-state index contributed by atoms with van der Waals surface area (Å²) in [6.07, 6.45) is -0.701. The average Bonchev–Trinajstić information content (AvgIpc) is 1.58. The van der Waals surface area contributed by atoms with Crippen molar-refractivity contribution in [1.82, 2.24) is 0 Å². The van der Waals surface area contributed by atoms with Gasteiger partial charge in [0.15, 0.2) is 8.25 Å². The van der Waals surface area contributed by atoms with E-state index in [9.17, 15) is 9.59 Å². The quantitative estimate of drug-likeness (QED) is 0.312. The van der Waals surface area contributed by atoms with Gasteiger partial charge in [0, 0.05) is 0 Å². The molecule has 0 saturated heterocycles. The van der Waals surface area contributed by atoms with Crippen LogP contribution in [0.15, 0.2) is 0 Å². The zero-order valence-corrected chi connectivity index (χ0v) is 6.17. The Hall–Kier alpha value is -0.605. The lowest BCUT2D eigenvalue weighted by Crippen LogP contribution is -2.07. The van der Waals surface area contributed by atoms with Gasteiger partial charge >= 0.3 is 11.9 Å². The Kier molecular flexibility index (Phi) is 3.99. The maximum Gasteiger partial charge on any atom is 0.321 e. The molecule has 0 aliphatic rings. The lowest BCUT2D eigenvalue weighted by Gasteiger charge is -2.02. The summed E-state index contributed by atoms with van der Waals surface area (Å²) in [6, 6.07) is 0. The van der Waals surface area contributed by atoms with Gasteiger partial charge in [-0.2, -0.15) is 0 Å². The Morgan fingerprint density at radius 1 is 1.60 bits per heavy atom. The molecule has 0 amide bonds. The number of rotatable bonds is 3. The summed E-state index contributed by atoms with van der Waals surface area (Å²) in [7, 11) is -0.497. The molecule has 5 nitrogen and oxygen atoms in total. The summed E-state index contributed by atoms with van der Waals surface area (Å²) < 4.78 is 4.16. The van der Waals surface area contributed by atoms with Crippen LogP contribution in [-0.2, 0) is 14.1 Å². The van der Waals surface area contributed by atoms with E-state index in [-0.39, 0.29) is 0 Å². The summed E-state index contributed by atoms with van der Waals surface area (Å²) in [4.78, 5) is 28.6. The summed E-state index contributed by atoms with van der Waals surface area (Å²) >= 11 is 0. The zero-order valence-electron chi connectivity index (χ0n) is 5.27. The normalized spacial score (nSPS) is 12.1. The van der Waals surface area contributed by atoms with Crippen molar-refractivity contribution >= 4 is 27.8 Å². The molecule has 0 spiro atoms. The fourth-order valence-corrected chi connectivity index (χ4v) is 0.662. The van der Waals surface area contributed by atoms with Gasteiger partial charge in [-0.05, 0) is 0 Å². The van der Waals surface area contributed by atoms with Gasteiger partial charge in [0.1, 0.15) is 6.42 Å². The molecule has 0 bridgehead atoms. The van der Waals surface area contributed by atoms with Crippen LogP contribution in [-0.4, -0.2) is 29.5 Å². The molecule has 10 heavy (non-hydrogen) atoms. The van der Waals surface area contributed by atoms with Crippen LogP contribution in [0.4, 0.5) is 0 Å². The Labute approximate surface area is 59.3 Å². The smallest absolute Gasteiger partial charge is 0.321 e. The molecular weight excluding hydrogens is 158 g/mol. The molecule has 0 aromatic heterocycles. The van der Waals surface area contributed by atoms with Gasteiger partial charge in [-0.3, -0.25) is 9.59 Å². The molecule has 56 valence electrons. The first kappa shape index (κ1) is 9.39. The van der Waals surface area contributed by atoms with E-state index in [1.807, 2.05) is 0 Å². The second-order valence-electron chi connectivity index (χ2n) is 1.50. The molecular formula is C3H6BO5P. The number of hydrogen-bond donors (Lipinski definition) is 2. The molecule has 0 rings (SSSR count). The van der Waals surface area contributed by atoms with Gasteiger partial charge < -0.3 is 14.5 Å². The van der Waals surface area contributed by atoms with Crippen LogP contribution >= 0.6 is 8.25 Å². The van der Waals surface area contributed by atoms with Crippen LogP contribution in [0.1, 0.15) is 6.42 Å². The van der Waals surface area contributed by atoms with Crippen LogP contribution < -0.4 is 0 Å². The lowest BCUT2D eigenvalue weighted by molar-refractivity contribution is -0.145. The summed E-state index contributed by atoms with van der Waals surface area (Å²) in [5.74, 6) is -2.18. The Morgan fingerprint density at radius 2 is 2.10 bits per heavy atom. The number of carboxylic acid groups (broad SMARTS) is 1. The third kappa shape index (κ3) is 5.53. The molecule has 2 N–H and O–H groups in total. The van der Waals surface area contributed by atoms with E-state index in [2.05, 4.69) is 4.52 Å². The van der Waals surface area contributed by atoms with E-state index in [1.165, 1.54) is 7.57 Å². The first-order valence-electron chi connectivity index (χ1n) is 2.37. The van der Waals surface area contributed by atoms with Gasteiger partial charge in [-0.1, -0.05) is 0 Å². The molecule has 0 heterocycles. The van der Waals surface area contributed by atoms with E-state index in [0.717, 1.165) is 0 Å². The molecule has 0 fully saturated rings. The minimum absolute atomic E-state index is 0.701. The fourth-order valence-electron chi connectivity index (χ4n) is 0.303. The maximum atomic E-state index is 10.3. The summed E-state index contributed by atoms with van der Waals surface area (Å²) in [5, 5.41) is 8.02. The summed E-state index contributed by atoms with van der Waals surface area (Å²) in [5.41, 5.74) is 0. The van der Waals surface area contributed by atoms with Crippen molar-refractivity contribution in [3.05, 3.63) is 0 Å². The average molecular weight is 164 g/mol. The lowest BCUT2D eigenvalue weighted by atomic mass is 10.5. The van der Waals surface area contributed by atoms with Crippen LogP contribution in [0.25, 0.3) is 0 Å². The number of carboxylic acids is 1. The highest BCUT2D eigenvalue weighted by Gasteiger charge is 2.10. The van der Waals surface area contributed by atoms with Crippen molar-refractivity contribution in [1.29, 1.82) is 0 Å². The van der Waals surface area contributed by atoms with Crippen LogP contribution in [0.3, 0.4) is 0 Å². The molecule has 0 radical (unpaired) electrons. The van der Waals surface area contributed by atoms with Gasteiger partial charge in [0.25, 0.3) is 0 Å². The van der Waals surface area contributed by atoms with Crippen molar-refractivity contribution in [2.75, 3.05) is 0 Å². The topological polar surface area (TPSA) is 83.8 Å². The number of aliphatic carboxylic acids is 1. The molecule has 7 heteroatoms. The van der Waals surface area contributed by atoms with E-state index >= 15 is 0 Å². The Bertz CT molecular complexity index is 146. The van der Waals surface area contributed by atoms with Crippen LogP contribution in [0, 0.1) is 0 Å². The number of hydrogen-bond acceptors (Lipinski definition) is 4. The molecule has 0 aromatic carbocycles. The third-order valence-corrected chi connectivity index (χ3v) is 0.997. The standard InChI is InChI=1S/C3H6BO5P/c4-10(8)9-3(7)1-2(5)6/h8H,1,4H2,(H,5,6). The minimum Gasteiger partial charge on any atom is -0.481 e. The van der Waals surface area contributed by atoms with Crippen molar-refractivity contribution in [2.24, 2.45) is 0 Å². The van der Waals surface area contributed by atoms with Crippen molar-refractivity contribution in [3.63, 3.8) is 0 Å². The summed E-state index contributed by atoms with van der Waals surface area (Å²) in [6.45, 7) is 0. The highest BCUT2D eigenvalue weighted by Crippen LogP contribution is 2.23. The first-order valence-corrected chi connectivity index (χ1v) is 4.03. The Morgan fingerprint density at radius 3 is 2.40 bits per heavy atom. The molecule has 0 aliphatic heterocycles. The maximum absolute atomic E-state index is 10.3. The monoisotopic (exact) mass is 164 g/mol. The van der Waals surface area contributed by atoms with Gasteiger partial charge in [-0.15, -0.1) is 0 Å². The van der Waals surface area contributed by atoms with Crippen molar-refractivity contribution in [2.45, 2.75) is 6.42 Å². The molecule has 1 atom stereocenters. The molecule has 0 aromatic rings. The number of carbonyl (C=O) groups excluding carboxylic acids is 1. The second kappa shape index (κ2) is 4.25. The molecule has 1 unspecified atom stereocenters. The van der Waals surface area contributed by atoms with E-state index in [1.54, 1.807) is 0 Å². The van der Waals surface area contributed by atoms with Gasteiger partial charge in [0.2, 0.25) is 7.57 Å². The second-order valence-corrected chi connectivity index (χ2v) is 2.61. The molecule has 0 saturated carbocycles. The highest BCUT2D eigenvalue weighted by molar-refractivity contribution is 7.73. The SMILES string of the molecule is BP(O)OC(=O)CC(=O)O. The van der Waals surface area contributed by atoms with Crippen LogP contribution in [0.5, 0.6) is 0 Å². The highest BCUT2D eigenvalue weighted by atomic mass is 31.2. The largest absolute Gasteiger partial charge is 0.481 e. The van der Waals surface area contributed by atoms with E-state index in [4.69, 9.17) is 10.00 Å². The minimum atomic E-state index is -1.78. The van der Waals surface area contributed by atoms with Gasteiger partial charge in [-0.25, -0.2) is 0 Å². The third-order valence-electron chi connectivity index (χ3n) is 0.529. The predicted molar refractivity (Wildman–Crippen MR) is 36.0 cm³/mol. The number of carbonyl (C=O) groups is 2. The van der Waals surface area contributed by atoms with E-state index in [0.29, 0.717) is 0 Å². The van der Waals surface area contributed by atoms with E-state index < -0.39 is 26.6 Å².